The summed E-state index contributed by atoms with van der Waals surface area (Å²) in [5, 5.41) is 10.7. The number of rotatable bonds is 7. The Morgan fingerprint density at radius 2 is 1.92 bits per heavy atom. The Kier molecular flexibility index (Phi) is 5.57. The fourth-order valence-corrected chi connectivity index (χ4v) is 3.61. The molecular formula is C18H17N3O2S2. The van der Waals surface area contributed by atoms with E-state index in [1.165, 1.54) is 11.3 Å². The second kappa shape index (κ2) is 8.04. The molecule has 0 radical (unpaired) electrons. The van der Waals surface area contributed by atoms with Crippen molar-refractivity contribution in [3.8, 4) is 0 Å². The zero-order valence-electron chi connectivity index (χ0n) is 13.6. The molecule has 0 spiro atoms. The van der Waals surface area contributed by atoms with Gasteiger partial charge in [0.15, 0.2) is 10.9 Å². The van der Waals surface area contributed by atoms with E-state index in [0.29, 0.717) is 18.5 Å². The summed E-state index contributed by atoms with van der Waals surface area (Å²) in [6.45, 7) is 1.95. The van der Waals surface area contributed by atoms with Crippen LogP contribution in [-0.4, -0.2) is 16.7 Å². The molecule has 0 atom stereocenters. The van der Waals surface area contributed by atoms with Crippen molar-refractivity contribution >= 4 is 45.2 Å². The van der Waals surface area contributed by atoms with E-state index in [9.17, 15) is 9.59 Å². The van der Waals surface area contributed by atoms with Crippen molar-refractivity contribution in [2.45, 2.75) is 19.9 Å². The zero-order chi connectivity index (χ0) is 17.6. The lowest BCUT2D eigenvalue weighted by Gasteiger charge is -2.03. The summed E-state index contributed by atoms with van der Waals surface area (Å²) in [6, 6.07) is 11.1. The highest BCUT2D eigenvalue weighted by atomic mass is 32.1. The summed E-state index contributed by atoms with van der Waals surface area (Å²) in [5.41, 5.74) is 2.36. The third-order valence-corrected chi connectivity index (χ3v) is 5.16. The van der Waals surface area contributed by atoms with Gasteiger partial charge in [-0.3, -0.25) is 9.59 Å². The number of anilines is 2. The molecule has 0 aliphatic heterocycles. The molecule has 3 rings (SSSR count). The van der Waals surface area contributed by atoms with Crippen molar-refractivity contribution < 1.29 is 9.59 Å². The van der Waals surface area contributed by atoms with E-state index in [2.05, 4.69) is 15.6 Å². The molecule has 0 unspecified atom stereocenters. The Balaban J connectivity index is 1.51. The Morgan fingerprint density at radius 1 is 1.12 bits per heavy atom. The van der Waals surface area contributed by atoms with Gasteiger partial charge in [0.25, 0.3) is 0 Å². The fourth-order valence-electron chi connectivity index (χ4n) is 2.18. The van der Waals surface area contributed by atoms with E-state index >= 15 is 0 Å². The molecule has 0 saturated heterocycles. The summed E-state index contributed by atoms with van der Waals surface area (Å²) in [5.74, 6) is 0.0335. The van der Waals surface area contributed by atoms with Gasteiger partial charge < -0.3 is 10.6 Å². The number of thiazole rings is 1. The molecule has 0 fully saturated rings. The van der Waals surface area contributed by atoms with Gasteiger partial charge in [-0.2, -0.15) is 0 Å². The largest absolute Gasteiger partial charge is 0.350 e. The second-order valence-electron chi connectivity index (χ2n) is 5.44. The van der Waals surface area contributed by atoms with Crippen molar-refractivity contribution in [3.05, 3.63) is 63.3 Å². The topological polar surface area (TPSA) is 71.1 Å². The minimum absolute atomic E-state index is 0.00946. The first kappa shape index (κ1) is 17.3. The molecule has 0 bridgehead atoms. The van der Waals surface area contributed by atoms with Crippen LogP contribution in [0.15, 0.2) is 47.2 Å². The number of aromatic nitrogens is 1. The number of carbonyl (C=O) groups is 2. The summed E-state index contributed by atoms with van der Waals surface area (Å²) >= 11 is 3.05. The monoisotopic (exact) mass is 371 g/mol. The maximum atomic E-state index is 11.9. The van der Waals surface area contributed by atoms with Gasteiger partial charge in [-0.25, -0.2) is 4.98 Å². The number of amides is 1. The molecular weight excluding hydrogens is 354 g/mol. The van der Waals surface area contributed by atoms with E-state index in [1.54, 1.807) is 30.4 Å². The van der Waals surface area contributed by atoms with Crippen LogP contribution in [0.1, 0.15) is 27.9 Å². The Bertz CT molecular complexity index is 855. The lowest BCUT2D eigenvalue weighted by Crippen LogP contribution is -2.24. The maximum Gasteiger partial charge on any atom is 0.225 e. The molecule has 2 N–H and O–H groups in total. The van der Waals surface area contributed by atoms with Crippen LogP contribution < -0.4 is 10.6 Å². The van der Waals surface area contributed by atoms with Crippen LogP contribution in [0.5, 0.6) is 0 Å². The molecule has 2 heterocycles. The normalized spacial score (nSPS) is 10.4. The lowest BCUT2D eigenvalue weighted by molar-refractivity contribution is -0.120. The van der Waals surface area contributed by atoms with Crippen molar-refractivity contribution in [3.63, 3.8) is 0 Å². The molecule has 1 aromatic carbocycles. The van der Waals surface area contributed by atoms with E-state index < -0.39 is 0 Å². The molecule has 0 saturated carbocycles. The molecule has 2 aromatic heterocycles. The minimum atomic E-state index is -0.00946. The summed E-state index contributed by atoms with van der Waals surface area (Å²) in [6.07, 6.45) is 0.398. The second-order valence-corrected chi connectivity index (χ2v) is 7.33. The third-order valence-electron chi connectivity index (χ3n) is 3.48. The van der Waals surface area contributed by atoms with Gasteiger partial charge in [0, 0.05) is 21.5 Å². The number of benzene rings is 1. The third kappa shape index (κ3) is 4.98. The van der Waals surface area contributed by atoms with E-state index in [0.717, 1.165) is 21.4 Å². The number of hydrogen-bond acceptors (Lipinski definition) is 6. The number of hydrogen-bond donors (Lipinski definition) is 2. The Morgan fingerprint density at radius 3 is 2.60 bits per heavy atom. The number of thiophene rings is 1. The molecule has 128 valence electrons. The van der Waals surface area contributed by atoms with Crippen LogP contribution in [0.25, 0.3) is 0 Å². The van der Waals surface area contributed by atoms with Crippen LogP contribution >= 0.6 is 22.7 Å². The van der Waals surface area contributed by atoms with Gasteiger partial charge in [0.2, 0.25) is 5.91 Å². The summed E-state index contributed by atoms with van der Waals surface area (Å²) in [7, 11) is 0. The number of nitrogens with zero attached hydrogens (tertiary/aromatic N) is 1. The first-order valence-electron chi connectivity index (χ1n) is 7.71. The molecule has 3 aromatic rings. The first-order valence-corrected chi connectivity index (χ1v) is 9.47. The van der Waals surface area contributed by atoms with Crippen molar-refractivity contribution in [2.24, 2.45) is 0 Å². The van der Waals surface area contributed by atoms with Gasteiger partial charge in [-0.1, -0.05) is 6.07 Å². The fraction of sp³-hybridized carbons (Fsp3) is 0.167. The highest BCUT2D eigenvalue weighted by Gasteiger charge is 2.07. The van der Waals surface area contributed by atoms with Crippen molar-refractivity contribution in [1.29, 1.82) is 0 Å². The van der Waals surface area contributed by atoms with Gasteiger partial charge in [0.05, 0.1) is 18.7 Å². The standard InChI is InChI=1S/C18H17N3O2S2/c1-12(22)13-4-6-14(7-5-13)20-18-21-15(11-25-18)10-19-17(23)9-16-3-2-8-24-16/h2-8,11H,9-10H2,1H3,(H,19,23)(H,20,21). The van der Waals surface area contributed by atoms with Crippen LogP contribution in [0.4, 0.5) is 10.8 Å². The predicted molar refractivity (Wildman–Crippen MR) is 102 cm³/mol. The molecule has 25 heavy (non-hydrogen) atoms. The van der Waals surface area contributed by atoms with Crippen molar-refractivity contribution in [1.82, 2.24) is 10.3 Å². The summed E-state index contributed by atoms with van der Waals surface area (Å²) in [4.78, 5) is 28.7. The number of carbonyl (C=O) groups excluding carboxylic acids is 2. The van der Waals surface area contributed by atoms with Crippen molar-refractivity contribution in [2.75, 3.05) is 5.32 Å². The van der Waals surface area contributed by atoms with Gasteiger partial charge in [0.1, 0.15) is 0 Å². The SMILES string of the molecule is CC(=O)c1ccc(Nc2nc(CNC(=O)Cc3cccs3)cs2)cc1. The van der Waals surface area contributed by atoms with Gasteiger partial charge in [-0.15, -0.1) is 22.7 Å². The smallest absolute Gasteiger partial charge is 0.225 e. The average Bonchev–Trinajstić information content (AvgIpc) is 3.25. The molecule has 7 heteroatoms. The molecule has 5 nitrogen and oxygen atoms in total. The van der Waals surface area contributed by atoms with E-state index in [1.807, 2.05) is 35.0 Å². The lowest BCUT2D eigenvalue weighted by atomic mass is 10.1. The number of nitrogens with one attached hydrogen (secondary N) is 2. The van der Waals surface area contributed by atoms with Crippen LogP contribution in [0.2, 0.25) is 0 Å². The molecule has 0 aliphatic carbocycles. The molecule has 0 aliphatic rings. The Hall–Kier alpha value is -2.51. The maximum absolute atomic E-state index is 11.9. The number of ketones is 1. The van der Waals surface area contributed by atoms with Crippen LogP contribution in [0, 0.1) is 0 Å². The highest BCUT2D eigenvalue weighted by molar-refractivity contribution is 7.13. The van der Waals surface area contributed by atoms with E-state index in [4.69, 9.17) is 0 Å². The van der Waals surface area contributed by atoms with Gasteiger partial charge >= 0.3 is 0 Å². The Labute approximate surface area is 153 Å². The highest BCUT2D eigenvalue weighted by Crippen LogP contribution is 2.21. The minimum Gasteiger partial charge on any atom is -0.350 e. The number of Topliss-reactive ketones (excluding diaryl/α,β-unsaturated/α-hetero) is 1. The van der Waals surface area contributed by atoms with E-state index in [-0.39, 0.29) is 11.7 Å². The summed E-state index contributed by atoms with van der Waals surface area (Å²) < 4.78 is 0. The molecule has 1 amide bonds. The average molecular weight is 371 g/mol. The van der Waals surface area contributed by atoms with Crippen LogP contribution in [0.3, 0.4) is 0 Å². The van der Waals surface area contributed by atoms with Crippen LogP contribution in [-0.2, 0) is 17.8 Å². The first-order chi connectivity index (χ1) is 12.1. The predicted octanol–water partition coefficient (Wildman–Crippen LogP) is 4.01. The quantitative estimate of drug-likeness (QED) is 0.616. The van der Waals surface area contributed by atoms with Gasteiger partial charge in [-0.05, 0) is 42.6 Å². The zero-order valence-corrected chi connectivity index (χ0v) is 15.2.